The molecule has 1 atom stereocenters. The molecule has 1 aliphatic rings. The summed E-state index contributed by atoms with van der Waals surface area (Å²) in [6, 6.07) is 0.350. The van der Waals surface area contributed by atoms with Gasteiger partial charge in [-0.05, 0) is 13.6 Å². The lowest BCUT2D eigenvalue weighted by molar-refractivity contribution is 0.0327. The monoisotopic (exact) mass is 169 g/mol. The fraction of sp³-hybridized carbons (Fsp3) is 0.750. The average Bonchev–Trinajstić information content (AvgIpc) is 2.10. The molecule has 0 aromatic carbocycles. The topological polar surface area (TPSA) is 37.2 Å². The van der Waals surface area contributed by atoms with Crippen LogP contribution in [0.2, 0.25) is 0 Å². The number of hydrogen-bond donors (Lipinski definition) is 0. The highest BCUT2D eigenvalue weighted by Gasteiger charge is 2.20. The van der Waals surface area contributed by atoms with Crippen molar-refractivity contribution in [1.29, 1.82) is 0 Å². The third-order valence-corrected chi connectivity index (χ3v) is 1.97. The molecule has 0 radical (unpaired) electrons. The van der Waals surface area contributed by atoms with Crippen LogP contribution in [0.25, 0.3) is 0 Å². The number of rotatable bonds is 0. The van der Waals surface area contributed by atoms with Gasteiger partial charge in [-0.3, -0.25) is 4.99 Å². The molecule has 68 valence electrons. The number of nitrogens with zero attached hydrogens (tertiary/aromatic N) is 3. The Bertz CT molecular complexity index is 191. The van der Waals surface area contributed by atoms with E-state index in [4.69, 9.17) is 4.74 Å². The normalized spacial score (nSPS) is 25.7. The summed E-state index contributed by atoms with van der Waals surface area (Å²) in [7, 11) is 1.73. The smallest absolute Gasteiger partial charge is 0.220 e. The van der Waals surface area contributed by atoms with Gasteiger partial charge in [0.2, 0.25) is 5.96 Å². The fourth-order valence-electron chi connectivity index (χ4n) is 1.31. The second kappa shape index (κ2) is 4.21. The van der Waals surface area contributed by atoms with Crippen molar-refractivity contribution in [3.05, 3.63) is 0 Å². The summed E-state index contributed by atoms with van der Waals surface area (Å²) in [5.41, 5.74) is 0. The van der Waals surface area contributed by atoms with Gasteiger partial charge in [-0.15, -0.1) is 0 Å². The summed E-state index contributed by atoms with van der Waals surface area (Å²) in [4.78, 5) is 10.00. The van der Waals surface area contributed by atoms with Crippen molar-refractivity contribution in [2.24, 2.45) is 9.98 Å². The van der Waals surface area contributed by atoms with Crippen LogP contribution in [-0.4, -0.2) is 50.4 Å². The highest BCUT2D eigenvalue weighted by atomic mass is 16.5. The van der Waals surface area contributed by atoms with Crippen molar-refractivity contribution < 1.29 is 4.74 Å². The van der Waals surface area contributed by atoms with Gasteiger partial charge in [-0.2, -0.15) is 0 Å². The van der Waals surface area contributed by atoms with Gasteiger partial charge in [0.1, 0.15) is 0 Å². The molecule has 4 heteroatoms. The van der Waals surface area contributed by atoms with Gasteiger partial charge in [-0.1, -0.05) is 0 Å². The number of aliphatic imine (C=N–C) groups is 2. The van der Waals surface area contributed by atoms with Crippen molar-refractivity contribution in [3.8, 4) is 0 Å². The highest BCUT2D eigenvalue weighted by molar-refractivity contribution is 5.84. The molecule has 0 unspecified atom stereocenters. The molecule has 0 spiro atoms. The van der Waals surface area contributed by atoms with Gasteiger partial charge < -0.3 is 9.64 Å². The van der Waals surface area contributed by atoms with Gasteiger partial charge in [0.05, 0.1) is 19.3 Å². The van der Waals surface area contributed by atoms with Crippen molar-refractivity contribution in [3.63, 3.8) is 0 Å². The lowest BCUT2D eigenvalue weighted by atomic mass is 10.3. The van der Waals surface area contributed by atoms with Crippen molar-refractivity contribution in [1.82, 2.24) is 4.90 Å². The van der Waals surface area contributed by atoms with Crippen molar-refractivity contribution in [2.45, 2.75) is 13.0 Å². The van der Waals surface area contributed by atoms with Crippen LogP contribution in [0, 0.1) is 0 Å². The predicted octanol–water partition coefficient (Wildman–Crippen LogP) is 0.393. The van der Waals surface area contributed by atoms with Gasteiger partial charge in [0.25, 0.3) is 0 Å². The molecular formula is C8H15N3O. The van der Waals surface area contributed by atoms with Crippen LogP contribution in [-0.2, 0) is 4.74 Å². The van der Waals surface area contributed by atoms with Crippen LogP contribution in [0.5, 0.6) is 0 Å². The van der Waals surface area contributed by atoms with Crippen LogP contribution in [0.15, 0.2) is 9.98 Å². The van der Waals surface area contributed by atoms with E-state index < -0.39 is 0 Å². The van der Waals surface area contributed by atoms with Gasteiger partial charge in [-0.25, -0.2) is 4.99 Å². The Morgan fingerprint density at radius 1 is 1.67 bits per heavy atom. The van der Waals surface area contributed by atoms with E-state index in [0.29, 0.717) is 12.0 Å². The Kier molecular flexibility index (Phi) is 3.22. The summed E-state index contributed by atoms with van der Waals surface area (Å²) in [6.07, 6.45) is 0. The van der Waals surface area contributed by atoms with E-state index in [1.807, 2.05) is 0 Å². The molecule has 0 saturated carbocycles. The second-order valence-electron chi connectivity index (χ2n) is 2.80. The maximum Gasteiger partial charge on any atom is 0.220 e. The Balaban J connectivity index is 2.64. The molecule has 1 heterocycles. The summed E-state index contributed by atoms with van der Waals surface area (Å²) in [6.45, 7) is 7.92. The lowest BCUT2D eigenvalue weighted by Crippen LogP contribution is -2.46. The Hall–Kier alpha value is -0.900. The zero-order chi connectivity index (χ0) is 8.97. The lowest BCUT2D eigenvalue weighted by Gasteiger charge is -2.33. The Labute approximate surface area is 73.0 Å². The molecule has 1 fully saturated rings. The van der Waals surface area contributed by atoms with E-state index in [1.165, 1.54) is 0 Å². The predicted molar refractivity (Wildman–Crippen MR) is 49.9 cm³/mol. The van der Waals surface area contributed by atoms with Crippen LogP contribution in [0.1, 0.15) is 6.92 Å². The molecule has 4 nitrogen and oxygen atoms in total. The maximum atomic E-state index is 5.29. The molecule has 0 N–H and O–H groups in total. The van der Waals surface area contributed by atoms with E-state index in [1.54, 1.807) is 7.05 Å². The second-order valence-corrected chi connectivity index (χ2v) is 2.80. The fourth-order valence-corrected chi connectivity index (χ4v) is 1.31. The highest BCUT2D eigenvalue weighted by Crippen LogP contribution is 2.07. The Morgan fingerprint density at radius 3 is 2.92 bits per heavy atom. The molecule has 0 aliphatic carbocycles. The van der Waals surface area contributed by atoms with Crippen LogP contribution in [0.4, 0.5) is 0 Å². The number of ether oxygens (including phenoxy) is 1. The number of guanidine groups is 1. The van der Waals surface area contributed by atoms with Gasteiger partial charge in [0.15, 0.2) is 0 Å². The molecule has 12 heavy (non-hydrogen) atoms. The summed E-state index contributed by atoms with van der Waals surface area (Å²) in [5, 5.41) is 0. The van der Waals surface area contributed by atoms with Crippen LogP contribution >= 0.6 is 0 Å². The molecule has 0 aromatic heterocycles. The maximum absolute atomic E-state index is 5.29. The first-order valence-electron chi connectivity index (χ1n) is 4.07. The Morgan fingerprint density at radius 2 is 2.42 bits per heavy atom. The minimum absolute atomic E-state index is 0.350. The molecule has 1 aliphatic heterocycles. The third kappa shape index (κ3) is 1.82. The summed E-state index contributed by atoms with van der Waals surface area (Å²) in [5.74, 6) is 0.714. The first kappa shape index (κ1) is 9.19. The van der Waals surface area contributed by atoms with Crippen LogP contribution in [0.3, 0.4) is 0 Å². The van der Waals surface area contributed by atoms with Crippen molar-refractivity contribution in [2.75, 3.05) is 26.8 Å². The number of hydrogen-bond acceptors (Lipinski definition) is 2. The standard InChI is InChI=1S/C8H15N3O/c1-7-6-12-5-4-11(7)8(9-2)10-3/h7H,2,4-6H2,1,3H3/b10-8+/t7-/m1/s1. The van der Waals surface area contributed by atoms with Gasteiger partial charge in [0, 0.05) is 13.6 Å². The van der Waals surface area contributed by atoms with E-state index >= 15 is 0 Å². The zero-order valence-corrected chi connectivity index (χ0v) is 7.66. The molecule has 0 bridgehead atoms. The zero-order valence-electron chi connectivity index (χ0n) is 7.66. The minimum atomic E-state index is 0.350. The molecule has 0 aromatic rings. The number of morpholine rings is 1. The quantitative estimate of drug-likeness (QED) is 0.388. The van der Waals surface area contributed by atoms with E-state index in [2.05, 4.69) is 28.5 Å². The van der Waals surface area contributed by atoms with Gasteiger partial charge >= 0.3 is 0 Å². The van der Waals surface area contributed by atoms with Crippen molar-refractivity contribution >= 4 is 12.7 Å². The largest absolute Gasteiger partial charge is 0.377 e. The van der Waals surface area contributed by atoms with Crippen LogP contribution < -0.4 is 0 Å². The molecule has 1 saturated heterocycles. The molecule has 1 rings (SSSR count). The average molecular weight is 169 g/mol. The first-order valence-corrected chi connectivity index (χ1v) is 4.07. The van der Waals surface area contributed by atoms with E-state index in [0.717, 1.165) is 19.8 Å². The molecule has 0 amide bonds. The molecular weight excluding hydrogens is 154 g/mol. The summed E-state index contributed by atoms with van der Waals surface area (Å²) < 4.78 is 5.29. The summed E-state index contributed by atoms with van der Waals surface area (Å²) >= 11 is 0. The third-order valence-electron chi connectivity index (χ3n) is 1.97. The SMILES string of the molecule is C=N/C(=N\C)N1CCOC[C@H]1C. The first-order chi connectivity index (χ1) is 5.79. The minimum Gasteiger partial charge on any atom is -0.377 e. The van der Waals surface area contributed by atoms with E-state index in [-0.39, 0.29) is 0 Å². The van der Waals surface area contributed by atoms with E-state index in [9.17, 15) is 0 Å².